The van der Waals surface area contributed by atoms with Gasteiger partial charge in [-0.3, -0.25) is 0 Å². The number of hydrogen-bond acceptors (Lipinski definition) is 4. The summed E-state index contributed by atoms with van der Waals surface area (Å²) in [6.45, 7) is 6.76. The molecule has 0 spiro atoms. The van der Waals surface area contributed by atoms with Crippen LogP contribution in [-0.4, -0.2) is 25.6 Å². The minimum absolute atomic E-state index is 0. The maximum atomic E-state index is 13.6. The van der Waals surface area contributed by atoms with Crippen LogP contribution in [0.5, 0.6) is 0 Å². The van der Waals surface area contributed by atoms with E-state index in [0.717, 1.165) is 5.56 Å². The maximum absolute atomic E-state index is 13.6. The van der Waals surface area contributed by atoms with Crippen LogP contribution in [0, 0.1) is 19.7 Å². The van der Waals surface area contributed by atoms with Crippen LogP contribution < -0.4 is 10.6 Å². The number of esters is 1. The average Bonchev–Trinajstić information content (AvgIpc) is 3.00. The lowest BCUT2D eigenvalue weighted by molar-refractivity contribution is 0.0599. The Morgan fingerprint density at radius 1 is 1.26 bits per heavy atom. The fourth-order valence-corrected chi connectivity index (χ4v) is 2.36. The third-order valence-corrected chi connectivity index (χ3v) is 3.80. The molecule has 1 heterocycles. The highest BCUT2D eigenvalue weighted by atomic mass is 127. The number of carbonyl (C=O) groups excluding carboxylic acids is 1. The summed E-state index contributed by atoms with van der Waals surface area (Å²) in [6.07, 6.45) is 0. The van der Waals surface area contributed by atoms with Crippen LogP contribution in [0.25, 0.3) is 0 Å². The molecular weight excluding hydrogens is 464 g/mol. The molecule has 27 heavy (non-hydrogen) atoms. The highest BCUT2D eigenvalue weighted by molar-refractivity contribution is 14.0. The first-order valence-corrected chi connectivity index (χ1v) is 8.39. The van der Waals surface area contributed by atoms with Crippen LogP contribution >= 0.6 is 24.0 Å². The third kappa shape index (κ3) is 6.53. The highest BCUT2D eigenvalue weighted by Crippen LogP contribution is 2.15. The average molecular weight is 489 g/mol. The van der Waals surface area contributed by atoms with Crippen LogP contribution in [0.2, 0.25) is 0 Å². The number of nitrogens with one attached hydrogen (secondary N) is 2. The third-order valence-electron chi connectivity index (χ3n) is 3.80. The molecule has 0 atom stereocenters. The summed E-state index contributed by atoms with van der Waals surface area (Å²) in [5.41, 5.74) is 1.80. The van der Waals surface area contributed by atoms with Gasteiger partial charge in [-0.25, -0.2) is 14.2 Å². The molecule has 1 aromatic heterocycles. The Bertz CT molecular complexity index is 805. The van der Waals surface area contributed by atoms with Crippen molar-refractivity contribution in [1.82, 2.24) is 10.6 Å². The Morgan fingerprint density at radius 2 is 2.00 bits per heavy atom. The molecule has 0 radical (unpaired) electrons. The monoisotopic (exact) mass is 489 g/mol. The summed E-state index contributed by atoms with van der Waals surface area (Å²) < 4.78 is 23.9. The zero-order chi connectivity index (χ0) is 19.1. The van der Waals surface area contributed by atoms with Crippen molar-refractivity contribution in [3.63, 3.8) is 0 Å². The second kappa shape index (κ2) is 10.9. The van der Waals surface area contributed by atoms with Crippen molar-refractivity contribution in [2.45, 2.75) is 33.9 Å². The van der Waals surface area contributed by atoms with Gasteiger partial charge in [0.1, 0.15) is 22.9 Å². The van der Waals surface area contributed by atoms with Gasteiger partial charge in [-0.05, 0) is 44.0 Å². The van der Waals surface area contributed by atoms with E-state index in [1.165, 1.54) is 13.2 Å². The maximum Gasteiger partial charge on any atom is 0.341 e. The lowest BCUT2D eigenvalue weighted by Crippen LogP contribution is -2.36. The van der Waals surface area contributed by atoms with Gasteiger partial charge in [-0.2, -0.15) is 0 Å². The van der Waals surface area contributed by atoms with Gasteiger partial charge in [0.25, 0.3) is 0 Å². The van der Waals surface area contributed by atoms with Crippen LogP contribution in [0.4, 0.5) is 4.39 Å². The SMILES string of the molecule is CCNC(=NCc1ccc(C)c(F)c1)NCc1cc(C(=O)OC)c(C)o1.I. The minimum Gasteiger partial charge on any atom is -0.465 e. The van der Waals surface area contributed by atoms with Crippen molar-refractivity contribution in [3.8, 4) is 0 Å². The van der Waals surface area contributed by atoms with Crippen molar-refractivity contribution in [1.29, 1.82) is 0 Å². The predicted octanol–water partition coefficient (Wildman–Crippen LogP) is 3.70. The van der Waals surface area contributed by atoms with Gasteiger partial charge in [0.05, 0.1) is 20.2 Å². The second-order valence-corrected chi connectivity index (χ2v) is 5.81. The van der Waals surface area contributed by atoms with Crippen LogP contribution in [0.1, 0.15) is 39.9 Å². The van der Waals surface area contributed by atoms with Gasteiger partial charge in [-0.15, -0.1) is 24.0 Å². The first kappa shape index (κ1) is 22.9. The lowest BCUT2D eigenvalue weighted by Gasteiger charge is -2.10. The van der Waals surface area contributed by atoms with Crippen molar-refractivity contribution in [3.05, 3.63) is 58.3 Å². The molecule has 2 rings (SSSR count). The zero-order valence-electron chi connectivity index (χ0n) is 15.9. The molecule has 6 nitrogen and oxygen atoms in total. The summed E-state index contributed by atoms with van der Waals surface area (Å²) in [7, 11) is 1.33. The molecule has 2 N–H and O–H groups in total. The highest BCUT2D eigenvalue weighted by Gasteiger charge is 2.15. The van der Waals surface area contributed by atoms with Crippen molar-refractivity contribution in [2.24, 2.45) is 4.99 Å². The van der Waals surface area contributed by atoms with Gasteiger partial charge < -0.3 is 19.8 Å². The molecule has 0 aliphatic rings. The van der Waals surface area contributed by atoms with E-state index in [4.69, 9.17) is 9.15 Å². The topological polar surface area (TPSA) is 75.9 Å². The molecule has 8 heteroatoms. The molecule has 2 aromatic rings. The fraction of sp³-hybridized carbons (Fsp3) is 0.368. The van der Waals surface area contributed by atoms with Crippen LogP contribution in [0.3, 0.4) is 0 Å². The molecule has 0 aliphatic heterocycles. The molecule has 0 unspecified atom stereocenters. The summed E-state index contributed by atoms with van der Waals surface area (Å²) >= 11 is 0. The number of guanidine groups is 1. The van der Waals surface area contributed by atoms with Gasteiger partial charge in [0.15, 0.2) is 5.96 Å². The second-order valence-electron chi connectivity index (χ2n) is 5.81. The van der Waals surface area contributed by atoms with E-state index in [2.05, 4.69) is 15.6 Å². The van der Waals surface area contributed by atoms with E-state index in [0.29, 0.717) is 48.2 Å². The molecule has 0 bridgehead atoms. The number of aryl methyl sites for hydroxylation is 2. The number of ether oxygens (including phenoxy) is 1. The van der Waals surface area contributed by atoms with E-state index in [1.54, 1.807) is 26.0 Å². The van der Waals surface area contributed by atoms with E-state index in [1.807, 2.05) is 13.0 Å². The van der Waals surface area contributed by atoms with Crippen LogP contribution in [-0.2, 0) is 17.8 Å². The molecule has 1 aromatic carbocycles. The first-order chi connectivity index (χ1) is 12.4. The molecule has 0 fully saturated rings. The number of carbonyl (C=O) groups is 1. The summed E-state index contributed by atoms with van der Waals surface area (Å²) in [5.74, 6) is 0.999. The summed E-state index contributed by atoms with van der Waals surface area (Å²) in [4.78, 5) is 16.1. The number of methoxy groups -OCH3 is 1. The van der Waals surface area contributed by atoms with E-state index in [-0.39, 0.29) is 29.8 Å². The lowest BCUT2D eigenvalue weighted by atomic mass is 10.1. The number of hydrogen-bond donors (Lipinski definition) is 2. The van der Waals surface area contributed by atoms with Crippen molar-refractivity contribution >= 4 is 35.9 Å². The Hall–Kier alpha value is -2.10. The van der Waals surface area contributed by atoms with Gasteiger partial charge in [0.2, 0.25) is 0 Å². The van der Waals surface area contributed by atoms with Gasteiger partial charge in [-0.1, -0.05) is 12.1 Å². The normalized spacial score (nSPS) is 10.9. The molecule has 0 saturated heterocycles. The van der Waals surface area contributed by atoms with E-state index >= 15 is 0 Å². The standard InChI is InChI=1S/C19H24FN3O3.HI/c1-5-21-19(22-10-14-7-6-12(2)17(20)8-14)23-11-15-9-16(13(3)26-15)18(24)25-4;/h6-9H,5,10-11H2,1-4H3,(H2,21,22,23);1H. The first-order valence-electron chi connectivity index (χ1n) is 8.39. The summed E-state index contributed by atoms with van der Waals surface area (Å²) in [6, 6.07) is 6.72. The van der Waals surface area contributed by atoms with E-state index in [9.17, 15) is 9.18 Å². The van der Waals surface area contributed by atoms with Crippen molar-refractivity contribution in [2.75, 3.05) is 13.7 Å². The number of rotatable bonds is 6. The number of benzene rings is 1. The largest absolute Gasteiger partial charge is 0.465 e. The number of halogens is 2. The quantitative estimate of drug-likeness (QED) is 0.280. The van der Waals surface area contributed by atoms with Gasteiger partial charge in [0, 0.05) is 6.54 Å². The molecule has 0 amide bonds. The Balaban J connectivity index is 0.00000364. The fourth-order valence-electron chi connectivity index (χ4n) is 2.36. The zero-order valence-corrected chi connectivity index (χ0v) is 18.2. The van der Waals surface area contributed by atoms with E-state index < -0.39 is 5.97 Å². The molecular formula is C19H25FIN3O3. The number of furan rings is 1. The smallest absolute Gasteiger partial charge is 0.341 e. The molecule has 0 saturated carbocycles. The minimum atomic E-state index is -0.431. The Kier molecular flexibility index (Phi) is 9.27. The number of aliphatic imine (C=N–C) groups is 1. The Morgan fingerprint density at radius 3 is 2.63 bits per heavy atom. The Labute approximate surface area is 175 Å². The van der Waals surface area contributed by atoms with Gasteiger partial charge >= 0.3 is 5.97 Å². The summed E-state index contributed by atoms with van der Waals surface area (Å²) in [5, 5.41) is 6.25. The number of nitrogens with zero attached hydrogens (tertiary/aromatic N) is 1. The molecule has 0 aliphatic carbocycles. The molecule has 148 valence electrons. The predicted molar refractivity (Wildman–Crippen MR) is 113 cm³/mol. The van der Waals surface area contributed by atoms with Crippen LogP contribution in [0.15, 0.2) is 33.7 Å². The van der Waals surface area contributed by atoms with Crippen molar-refractivity contribution < 1.29 is 18.3 Å².